The van der Waals surface area contributed by atoms with Gasteiger partial charge >= 0.3 is 12.1 Å². The average molecular weight is 474 g/mol. The second kappa shape index (κ2) is 8.54. The molecule has 2 aliphatic carbocycles. The summed E-state index contributed by atoms with van der Waals surface area (Å²) in [7, 11) is 1.39. The Morgan fingerprint density at radius 2 is 1.63 bits per heavy atom. The zero-order chi connectivity index (χ0) is 24.7. The number of carbonyl (C=O) groups excluding carboxylic acids is 2. The van der Waals surface area contributed by atoms with Crippen LogP contribution >= 0.6 is 0 Å². The Morgan fingerprint density at radius 1 is 1.03 bits per heavy atom. The Balaban J connectivity index is 1.25. The molecule has 0 unspecified atom stereocenters. The number of anilines is 1. The second-order valence-corrected chi connectivity index (χ2v) is 8.85. The Hall–Kier alpha value is -4.20. The van der Waals surface area contributed by atoms with Crippen LogP contribution in [0.4, 0.5) is 14.9 Å². The van der Waals surface area contributed by atoms with Crippen LogP contribution < -0.4 is 5.32 Å². The maximum absolute atomic E-state index is 14.7. The van der Waals surface area contributed by atoms with Crippen LogP contribution in [-0.4, -0.2) is 47.2 Å². The number of carbonyl (C=O) groups is 3. The number of fused-ring (bicyclic) bond motifs is 3. The van der Waals surface area contributed by atoms with Gasteiger partial charge in [0, 0.05) is 18.5 Å². The molecular formula is C27H23FN2O5. The largest absolute Gasteiger partial charge is 0.479 e. The predicted octanol–water partition coefficient (Wildman–Crippen LogP) is 4.88. The van der Waals surface area contributed by atoms with E-state index in [9.17, 15) is 23.9 Å². The molecule has 35 heavy (non-hydrogen) atoms. The summed E-state index contributed by atoms with van der Waals surface area (Å²) in [6, 6.07) is 19.5. The zero-order valence-corrected chi connectivity index (χ0v) is 19.0. The molecule has 2 amide bonds. The highest BCUT2D eigenvalue weighted by molar-refractivity contribution is 5.99. The van der Waals surface area contributed by atoms with Gasteiger partial charge in [0.15, 0.2) is 0 Å². The molecule has 2 aliphatic rings. The zero-order valence-electron chi connectivity index (χ0n) is 19.0. The fraction of sp³-hybridized carbons (Fsp3) is 0.222. The van der Waals surface area contributed by atoms with Crippen LogP contribution in [0.25, 0.3) is 11.1 Å². The molecule has 0 heterocycles. The minimum atomic E-state index is -1.23. The number of hydrogen-bond donors (Lipinski definition) is 2. The van der Waals surface area contributed by atoms with Crippen molar-refractivity contribution in [2.45, 2.75) is 24.3 Å². The van der Waals surface area contributed by atoms with E-state index in [2.05, 4.69) is 5.32 Å². The van der Waals surface area contributed by atoms with Gasteiger partial charge in [-0.05, 0) is 53.3 Å². The number of likely N-dealkylation sites (N-methyl/N-ethyl adjacent to an activating group) is 1. The van der Waals surface area contributed by atoms with Crippen LogP contribution in [0.15, 0.2) is 66.7 Å². The number of nitrogens with one attached hydrogen (secondary N) is 1. The molecule has 0 radical (unpaired) electrons. The molecule has 0 aromatic heterocycles. The quantitative estimate of drug-likeness (QED) is 0.531. The maximum atomic E-state index is 14.7. The van der Waals surface area contributed by atoms with Crippen molar-refractivity contribution in [3.8, 4) is 11.1 Å². The van der Waals surface area contributed by atoms with Crippen molar-refractivity contribution in [2.24, 2.45) is 0 Å². The summed E-state index contributed by atoms with van der Waals surface area (Å²) in [4.78, 5) is 37.7. The van der Waals surface area contributed by atoms with Crippen molar-refractivity contribution in [3.05, 3.63) is 89.2 Å². The third kappa shape index (κ3) is 3.90. The normalized spacial score (nSPS) is 15.0. The van der Waals surface area contributed by atoms with Crippen LogP contribution in [0.3, 0.4) is 0 Å². The van der Waals surface area contributed by atoms with Crippen molar-refractivity contribution in [3.63, 3.8) is 0 Å². The van der Waals surface area contributed by atoms with Crippen molar-refractivity contribution >= 4 is 23.7 Å². The molecular weight excluding hydrogens is 451 g/mol. The van der Waals surface area contributed by atoms with Gasteiger partial charge in [0.05, 0.1) is 5.69 Å². The van der Waals surface area contributed by atoms with Gasteiger partial charge < -0.3 is 14.7 Å². The van der Waals surface area contributed by atoms with Crippen LogP contribution in [-0.2, 0) is 9.53 Å². The maximum Gasteiger partial charge on any atom is 0.411 e. The first-order valence-electron chi connectivity index (χ1n) is 11.2. The number of carboxylic acids is 1. The molecule has 0 bridgehead atoms. The van der Waals surface area contributed by atoms with E-state index >= 15 is 0 Å². The third-order valence-electron chi connectivity index (χ3n) is 6.86. The molecule has 3 aromatic carbocycles. The molecule has 0 atom stereocenters. The number of benzene rings is 3. The first-order valence-corrected chi connectivity index (χ1v) is 11.2. The summed E-state index contributed by atoms with van der Waals surface area (Å²) < 4.78 is 20.1. The van der Waals surface area contributed by atoms with Crippen molar-refractivity contribution in [2.75, 3.05) is 19.0 Å². The summed E-state index contributed by atoms with van der Waals surface area (Å²) in [5, 5.41) is 11.8. The van der Waals surface area contributed by atoms with Gasteiger partial charge in [-0.25, -0.2) is 14.0 Å². The smallest absolute Gasteiger partial charge is 0.411 e. The fourth-order valence-electron chi connectivity index (χ4n) is 4.69. The minimum Gasteiger partial charge on any atom is -0.479 e. The van der Waals surface area contributed by atoms with Crippen LogP contribution in [0.5, 0.6) is 0 Å². The molecule has 0 spiro atoms. The number of rotatable bonds is 6. The average Bonchev–Trinajstić information content (AvgIpc) is 3.62. The van der Waals surface area contributed by atoms with E-state index in [0.717, 1.165) is 33.2 Å². The lowest BCUT2D eigenvalue weighted by Crippen LogP contribution is -2.44. The van der Waals surface area contributed by atoms with Crippen LogP contribution in [0.1, 0.15) is 40.2 Å². The number of aliphatic carboxylic acids is 1. The Labute approximate surface area is 201 Å². The molecule has 5 rings (SSSR count). The highest BCUT2D eigenvalue weighted by atomic mass is 19.1. The molecule has 2 N–H and O–H groups in total. The summed E-state index contributed by atoms with van der Waals surface area (Å²) in [5.41, 5.74) is 2.96. The summed E-state index contributed by atoms with van der Waals surface area (Å²) in [5.74, 6) is -2.63. The molecule has 0 aliphatic heterocycles. The third-order valence-corrected chi connectivity index (χ3v) is 6.86. The van der Waals surface area contributed by atoms with Gasteiger partial charge in [0.2, 0.25) is 0 Å². The first-order chi connectivity index (χ1) is 16.8. The molecule has 3 aromatic rings. The number of carboxylic acid groups (broad SMARTS) is 1. The van der Waals surface area contributed by atoms with E-state index in [4.69, 9.17) is 4.74 Å². The number of amides is 2. The van der Waals surface area contributed by atoms with E-state index < -0.39 is 29.3 Å². The van der Waals surface area contributed by atoms with Gasteiger partial charge in [0.25, 0.3) is 5.91 Å². The molecule has 1 saturated carbocycles. The predicted molar refractivity (Wildman–Crippen MR) is 127 cm³/mol. The second-order valence-electron chi connectivity index (χ2n) is 8.85. The van der Waals surface area contributed by atoms with Crippen molar-refractivity contribution < 1.29 is 28.6 Å². The Kier molecular flexibility index (Phi) is 5.51. The van der Waals surface area contributed by atoms with Gasteiger partial charge in [-0.3, -0.25) is 10.1 Å². The van der Waals surface area contributed by atoms with Gasteiger partial charge in [-0.2, -0.15) is 0 Å². The first kappa shape index (κ1) is 22.6. The monoisotopic (exact) mass is 474 g/mol. The van der Waals surface area contributed by atoms with Crippen LogP contribution in [0, 0.1) is 5.82 Å². The van der Waals surface area contributed by atoms with Crippen LogP contribution in [0.2, 0.25) is 0 Å². The van der Waals surface area contributed by atoms with Crippen molar-refractivity contribution in [1.82, 2.24) is 4.90 Å². The lowest BCUT2D eigenvalue weighted by molar-refractivity contribution is -0.143. The summed E-state index contributed by atoms with van der Waals surface area (Å²) >= 11 is 0. The van der Waals surface area contributed by atoms with Crippen molar-refractivity contribution in [1.29, 1.82) is 0 Å². The number of hydrogen-bond acceptors (Lipinski definition) is 4. The van der Waals surface area contributed by atoms with E-state index in [1.54, 1.807) is 0 Å². The standard InChI is InChI=1S/C27H23FN2O5/c1-30(27(12-13-27)25(32)33)24(31)16-10-11-23(22(28)14-16)29-26(34)35-15-21-19-8-4-2-6-17(19)18-7-3-5-9-20(18)21/h2-11,14,21H,12-13,15H2,1H3,(H,29,34)(H,32,33). The van der Waals surface area contributed by atoms with Gasteiger partial charge in [-0.15, -0.1) is 0 Å². The Morgan fingerprint density at radius 3 is 2.17 bits per heavy atom. The topological polar surface area (TPSA) is 95.9 Å². The van der Waals surface area contributed by atoms with Gasteiger partial charge in [0.1, 0.15) is 18.0 Å². The van der Waals surface area contributed by atoms with E-state index in [1.165, 1.54) is 19.2 Å². The Bertz CT molecular complexity index is 1310. The highest BCUT2D eigenvalue weighted by Crippen LogP contribution is 2.44. The van der Waals surface area contributed by atoms with E-state index in [0.29, 0.717) is 12.8 Å². The molecule has 8 heteroatoms. The fourth-order valence-corrected chi connectivity index (χ4v) is 4.69. The lowest BCUT2D eigenvalue weighted by atomic mass is 9.98. The molecule has 7 nitrogen and oxygen atoms in total. The van der Waals surface area contributed by atoms with E-state index in [1.807, 2.05) is 48.5 Å². The van der Waals surface area contributed by atoms with Gasteiger partial charge in [-0.1, -0.05) is 48.5 Å². The minimum absolute atomic E-state index is 0.00406. The number of nitrogens with zero attached hydrogens (tertiary/aromatic N) is 1. The highest BCUT2D eigenvalue weighted by Gasteiger charge is 2.55. The molecule has 0 saturated heterocycles. The summed E-state index contributed by atoms with van der Waals surface area (Å²) in [6.45, 7) is 0.0834. The summed E-state index contributed by atoms with van der Waals surface area (Å²) in [6.07, 6.45) is -0.104. The van der Waals surface area contributed by atoms with E-state index in [-0.39, 0.29) is 23.8 Å². The molecule has 178 valence electrons. The SMILES string of the molecule is CN(C(=O)c1ccc(NC(=O)OCC2c3ccccc3-c3ccccc32)c(F)c1)C1(C(=O)O)CC1. The number of halogens is 1. The lowest BCUT2D eigenvalue weighted by Gasteiger charge is -2.24. The molecule has 1 fully saturated rings. The number of ether oxygens (including phenoxy) is 1.